The molecule has 0 bridgehead atoms. The third-order valence-electron chi connectivity index (χ3n) is 2.31. The average Bonchev–Trinajstić information content (AvgIpc) is 2.77. The first-order chi connectivity index (χ1) is 8.28. The summed E-state index contributed by atoms with van der Waals surface area (Å²) in [6.45, 7) is 2.71. The summed E-state index contributed by atoms with van der Waals surface area (Å²) >= 11 is 7.34. The van der Waals surface area contributed by atoms with Crippen molar-refractivity contribution in [2.75, 3.05) is 6.61 Å². The summed E-state index contributed by atoms with van der Waals surface area (Å²) in [6, 6.07) is 8.06. The molecule has 0 amide bonds. The molecule has 90 valence electrons. The topological polar surface area (TPSA) is 22.1 Å². The van der Waals surface area contributed by atoms with Crippen LogP contribution >= 0.6 is 22.9 Å². The number of nitrogens with zero attached hydrogens (tertiary/aromatic N) is 1. The first kappa shape index (κ1) is 12.4. The molecule has 0 unspecified atom stereocenters. The van der Waals surface area contributed by atoms with Gasteiger partial charge in [-0.3, -0.25) is 0 Å². The summed E-state index contributed by atoms with van der Waals surface area (Å²) in [7, 11) is 0. The molecule has 0 N–H and O–H groups in total. The van der Waals surface area contributed by atoms with Crippen molar-refractivity contribution < 1.29 is 4.74 Å². The van der Waals surface area contributed by atoms with Gasteiger partial charge >= 0.3 is 0 Å². The highest BCUT2D eigenvalue weighted by molar-refractivity contribution is 7.09. The van der Waals surface area contributed by atoms with Gasteiger partial charge < -0.3 is 4.74 Å². The Hall–Kier alpha value is -1.06. The number of ether oxygens (including phenoxy) is 1. The van der Waals surface area contributed by atoms with Gasteiger partial charge in [0.15, 0.2) is 0 Å². The van der Waals surface area contributed by atoms with Gasteiger partial charge in [0, 0.05) is 11.8 Å². The smallest absolute Gasteiger partial charge is 0.119 e. The SMILES string of the molecule is Cc1cccc(OCCc2nc(CCl)cs2)c1. The van der Waals surface area contributed by atoms with Crippen LogP contribution in [-0.2, 0) is 12.3 Å². The van der Waals surface area contributed by atoms with Crippen molar-refractivity contribution in [2.45, 2.75) is 19.2 Å². The van der Waals surface area contributed by atoms with E-state index in [2.05, 4.69) is 18.0 Å². The van der Waals surface area contributed by atoms with E-state index in [-0.39, 0.29) is 0 Å². The van der Waals surface area contributed by atoms with E-state index in [0.29, 0.717) is 12.5 Å². The Bertz CT molecular complexity index is 484. The number of rotatable bonds is 5. The molecule has 0 saturated heterocycles. The average molecular weight is 268 g/mol. The van der Waals surface area contributed by atoms with Crippen molar-refractivity contribution in [3.63, 3.8) is 0 Å². The number of halogens is 1. The standard InChI is InChI=1S/C13H14ClNOS/c1-10-3-2-4-12(7-10)16-6-5-13-15-11(8-14)9-17-13/h2-4,7,9H,5-6,8H2,1H3. The fourth-order valence-corrected chi connectivity index (χ4v) is 2.49. The molecular weight excluding hydrogens is 254 g/mol. The molecule has 4 heteroatoms. The summed E-state index contributed by atoms with van der Waals surface area (Å²) in [6.07, 6.45) is 0.829. The zero-order chi connectivity index (χ0) is 12.1. The van der Waals surface area contributed by atoms with Gasteiger partial charge in [-0.15, -0.1) is 22.9 Å². The highest BCUT2D eigenvalue weighted by atomic mass is 35.5. The third-order valence-corrected chi connectivity index (χ3v) is 3.54. The van der Waals surface area contributed by atoms with Crippen molar-refractivity contribution in [1.82, 2.24) is 4.98 Å². The number of aryl methyl sites for hydroxylation is 1. The van der Waals surface area contributed by atoms with Gasteiger partial charge in [-0.25, -0.2) is 4.98 Å². The van der Waals surface area contributed by atoms with Crippen LogP contribution in [0.2, 0.25) is 0 Å². The van der Waals surface area contributed by atoms with Crippen LogP contribution in [-0.4, -0.2) is 11.6 Å². The minimum Gasteiger partial charge on any atom is -0.493 e. The summed E-state index contributed by atoms with van der Waals surface area (Å²) < 4.78 is 5.67. The van der Waals surface area contributed by atoms with Crippen molar-refractivity contribution in [2.24, 2.45) is 0 Å². The highest BCUT2D eigenvalue weighted by Crippen LogP contribution is 2.15. The Kier molecular flexibility index (Phi) is 4.40. The molecule has 0 aliphatic rings. The largest absolute Gasteiger partial charge is 0.493 e. The second-order valence-corrected chi connectivity index (χ2v) is 4.99. The van der Waals surface area contributed by atoms with E-state index < -0.39 is 0 Å². The maximum Gasteiger partial charge on any atom is 0.119 e. The lowest BCUT2D eigenvalue weighted by Gasteiger charge is -2.05. The van der Waals surface area contributed by atoms with Crippen molar-refractivity contribution in [3.05, 3.63) is 45.9 Å². The Morgan fingerprint density at radius 3 is 3.00 bits per heavy atom. The normalized spacial score (nSPS) is 10.5. The molecule has 0 fully saturated rings. The van der Waals surface area contributed by atoms with Crippen LogP contribution in [0.5, 0.6) is 5.75 Å². The summed E-state index contributed by atoms with van der Waals surface area (Å²) in [4.78, 5) is 4.38. The zero-order valence-corrected chi connectivity index (χ0v) is 11.2. The highest BCUT2D eigenvalue weighted by Gasteiger charge is 2.01. The maximum atomic E-state index is 5.70. The first-order valence-corrected chi connectivity index (χ1v) is 6.88. The van der Waals surface area contributed by atoms with E-state index >= 15 is 0 Å². The quantitative estimate of drug-likeness (QED) is 0.769. The van der Waals surface area contributed by atoms with Gasteiger partial charge in [0.05, 0.1) is 23.2 Å². The lowest BCUT2D eigenvalue weighted by molar-refractivity contribution is 0.321. The molecule has 0 radical (unpaired) electrons. The van der Waals surface area contributed by atoms with Crippen LogP contribution in [0.3, 0.4) is 0 Å². The predicted molar refractivity (Wildman–Crippen MR) is 72.0 cm³/mol. The van der Waals surface area contributed by atoms with E-state index in [1.807, 2.05) is 23.6 Å². The van der Waals surface area contributed by atoms with Gasteiger partial charge in [-0.1, -0.05) is 12.1 Å². The monoisotopic (exact) mass is 267 g/mol. The Labute approximate surface area is 110 Å². The molecule has 0 atom stereocenters. The maximum absolute atomic E-state index is 5.70. The van der Waals surface area contributed by atoms with E-state index in [0.717, 1.165) is 22.9 Å². The van der Waals surface area contributed by atoms with Gasteiger partial charge in [-0.2, -0.15) is 0 Å². The van der Waals surface area contributed by atoms with E-state index in [9.17, 15) is 0 Å². The van der Waals surface area contributed by atoms with Gasteiger partial charge in [-0.05, 0) is 24.6 Å². The number of alkyl halides is 1. The minimum absolute atomic E-state index is 0.481. The number of hydrogen-bond acceptors (Lipinski definition) is 3. The minimum atomic E-state index is 0.481. The van der Waals surface area contributed by atoms with Gasteiger partial charge in [0.2, 0.25) is 0 Å². The van der Waals surface area contributed by atoms with Crippen molar-refractivity contribution in [3.8, 4) is 5.75 Å². The molecule has 2 rings (SSSR count). The summed E-state index contributed by atoms with van der Waals surface area (Å²) in [5.74, 6) is 1.40. The Morgan fingerprint density at radius 1 is 1.41 bits per heavy atom. The lowest BCUT2D eigenvalue weighted by Crippen LogP contribution is -2.01. The Balaban J connectivity index is 1.83. The second-order valence-electron chi connectivity index (χ2n) is 3.78. The molecule has 0 spiro atoms. The molecule has 1 heterocycles. The van der Waals surface area contributed by atoms with Gasteiger partial charge in [0.1, 0.15) is 5.75 Å². The van der Waals surface area contributed by atoms with Crippen molar-refractivity contribution in [1.29, 1.82) is 0 Å². The first-order valence-electron chi connectivity index (χ1n) is 5.46. The predicted octanol–water partition coefficient (Wildman–Crippen LogP) is 3.81. The van der Waals surface area contributed by atoms with Crippen LogP contribution in [0.1, 0.15) is 16.3 Å². The van der Waals surface area contributed by atoms with Crippen LogP contribution < -0.4 is 4.74 Å². The van der Waals surface area contributed by atoms with Crippen LogP contribution in [0.4, 0.5) is 0 Å². The molecule has 0 aliphatic heterocycles. The summed E-state index contributed by atoms with van der Waals surface area (Å²) in [5, 5.41) is 3.07. The van der Waals surface area contributed by atoms with Crippen LogP contribution in [0.15, 0.2) is 29.6 Å². The molecular formula is C13H14ClNOS. The van der Waals surface area contributed by atoms with Crippen LogP contribution in [0, 0.1) is 6.92 Å². The number of thiazole rings is 1. The van der Waals surface area contributed by atoms with Crippen molar-refractivity contribution >= 4 is 22.9 Å². The molecule has 0 aliphatic carbocycles. The number of aromatic nitrogens is 1. The molecule has 2 nitrogen and oxygen atoms in total. The van der Waals surface area contributed by atoms with E-state index in [1.54, 1.807) is 11.3 Å². The summed E-state index contributed by atoms with van der Waals surface area (Å²) in [5.41, 5.74) is 2.16. The third kappa shape index (κ3) is 3.72. The number of benzene rings is 1. The van der Waals surface area contributed by atoms with Crippen LogP contribution in [0.25, 0.3) is 0 Å². The lowest BCUT2D eigenvalue weighted by atomic mass is 10.2. The van der Waals surface area contributed by atoms with E-state index in [1.165, 1.54) is 5.56 Å². The Morgan fingerprint density at radius 2 is 2.29 bits per heavy atom. The fraction of sp³-hybridized carbons (Fsp3) is 0.308. The molecule has 17 heavy (non-hydrogen) atoms. The molecule has 1 aromatic carbocycles. The number of hydrogen-bond donors (Lipinski definition) is 0. The second kappa shape index (κ2) is 6.03. The molecule has 0 saturated carbocycles. The van der Waals surface area contributed by atoms with E-state index in [4.69, 9.17) is 16.3 Å². The fourth-order valence-electron chi connectivity index (χ4n) is 1.49. The molecule has 1 aromatic heterocycles. The van der Waals surface area contributed by atoms with Gasteiger partial charge in [0.25, 0.3) is 0 Å². The molecule has 2 aromatic rings. The zero-order valence-electron chi connectivity index (χ0n) is 9.65.